The number of methoxy groups -OCH3 is 2. The Balaban J connectivity index is 1.87. The Labute approximate surface area is 175 Å². The lowest BCUT2D eigenvalue weighted by Gasteiger charge is -2.11. The molecule has 0 fully saturated rings. The zero-order chi connectivity index (χ0) is 21.3. The maximum atomic E-state index is 6.04. The Morgan fingerprint density at radius 2 is 1.90 bits per heavy atom. The molecule has 7 nitrogen and oxygen atoms in total. The molecular weight excluding hydrogens is 378 g/mol. The van der Waals surface area contributed by atoms with E-state index >= 15 is 0 Å². The van der Waals surface area contributed by atoms with Crippen molar-refractivity contribution in [2.45, 2.75) is 19.9 Å². The van der Waals surface area contributed by atoms with Crippen LogP contribution in [-0.2, 0) is 13.0 Å². The Kier molecular flexibility index (Phi) is 5.18. The zero-order valence-electron chi connectivity index (χ0n) is 17.3. The topological polar surface area (TPSA) is 101 Å². The summed E-state index contributed by atoms with van der Waals surface area (Å²) in [4.78, 5) is 8.14. The molecule has 4 N–H and O–H groups in total. The molecule has 0 aliphatic carbocycles. The summed E-state index contributed by atoms with van der Waals surface area (Å²) in [5, 5.41) is 1.07. The fourth-order valence-corrected chi connectivity index (χ4v) is 3.77. The molecule has 0 aliphatic heterocycles. The lowest BCUT2D eigenvalue weighted by atomic mass is 10.00. The molecule has 2 aromatic heterocycles. The number of benzene rings is 2. The van der Waals surface area contributed by atoms with Gasteiger partial charge in [-0.25, -0.2) is 4.98 Å². The molecule has 30 heavy (non-hydrogen) atoms. The van der Waals surface area contributed by atoms with E-state index in [-0.39, 0.29) is 5.95 Å². The van der Waals surface area contributed by atoms with Crippen LogP contribution in [0.3, 0.4) is 0 Å². The Bertz CT molecular complexity index is 1220. The van der Waals surface area contributed by atoms with Gasteiger partial charge >= 0.3 is 0 Å². The fourth-order valence-electron chi connectivity index (χ4n) is 3.77. The van der Waals surface area contributed by atoms with Crippen molar-refractivity contribution < 1.29 is 9.47 Å². The van der Waals surface area contributed by atoms with Crippen LogP contribution in [0.2, 0.25) is 0 Å². The van der Waals surface area contributed by atoms with Gasteiger partial charge in [-0.3, -0.25) is 0 Å². The van der Waals surface area contributed by atoms with E-state index in [9.17, 15) is 0 Å². The van der Waals surface area contributed by atoms with E-state index < -0.39 is 0 Å². The second-order valence-electron chi connectivity index (χ2n) is 7.07. The molecule has 4 rings (SSSR count). The molecule has 7 heteroatoms. The molecule has 0 aliphatic rings. The number of hydrogen-bond acceptors (Lipinski definition) is 6. The summed E-state index contributed by atoms with van der Waals surface area (Å²) < 4.78 is 13.4. The molecule has 0 radical (unpaired) electrons. The van der Waals surface area contributed by atoms with E-state index in [0.29, 0.717) is 12.2 Å². The number of nitrogens with two attached hydrogens (primary N) is 2. The first-order valence-electron chi connectivity index (χ1n) is 9.75. The molecule has 154 valence electrons. The average molecular weight is 403 g/mol. The maximum Gasteiger partial charge on any atom is 0.221 e. The summed E-state index contributed by atoms with van der Waals surface area (Å²) in [6.45, 7) is 2.96. The predicted octanol–water partition coefficient (Wildman–Crippen LogP) is 3.89. The number of rotatable bonds is 6. The summed E-state index contributed by atoms with van der Waals surface area (Å²) >= 11 is 0. The van der Waals surface area contributed by atoms with Gasteiger partial charge < -0.3 is 25.5 Å². The molecule has 0 saturated heterocycles. The second kappa shape index (κ2) is 7.94. The first-order chi connectivity index (χ1) is 14.5. The van der Waals surface area contributed by atoms with Crippen LogP contribution in [0.25, 0.3) is 22.0 Å². The van der Waals surface area contributed by atoms with E-state index in [1.165, 1.54) is 0 Å². The molecule has 0 unspecified atom stereocenters. The van der Waals surface area contributed by atoms with E-state index in [0.717, 1.165) is 51.2 Å². The van der Waals surface area contributed by atoms with Gasteiger partial charge in [0.2, 0.25) is 5.95 Å². The first kappa shape index (κ1) is 19.6. The van der Waals surface area contributed by atoms with Crippen LogP contribution in [0.1, 0.15) is 18.1 Å². The molecule has 0 spiro atoms. The highest BCUT2D eigenvalue weighted by molar-refractivity contribution is 6.01. The second-order valence-corrected chi connectivity index (χ2v) is 7.07. The van der Waals surface area contributed by atoms with Gasteiger partial charge in [0.15, 0.2) is 0 Å². The van der Waals surface area contributed by atoms with E-state index in [2.05, 4.69) is 39.8 Å². The van der Waals surface area contributed by atoms with E-state index in [1.807, 2.05) is 24.3 Å². The smallest absolute Gasteiger partial charge is 0.221 e. The van der Waals surface area contributed by atoms with Crippen LogP contribution in [0.5, 0.6) is 11.5 Å². The van der Waals surface area contributed by atoms with Gasteiger partial charge in [0.25, 0.3) is 0 Å². The highest BCUT2D eigenvalue weighted by Crippen LogP contribution is 2.39. The Hall–Kier alpha value is -3.74. The molecule has 2 heterocycles. The van der Waals surface area contributed by atoms with Crippen molar-refractivity contribution in [1.29, 1.82) is 0 Å². The van der Waals surface area contributed by atoms with E-state index in [1.54, 1.807) is 20.4 Å². The molecule has 4 aromatic rings. The predicted molar refractivity (Wildman–Crippen MR) is 120 cm³/mol. The summed E-state index contributed by atoms with van der Waals surface area (Å²) in [6.07, 6.45) is 4.42. The molecule has 0 atom stereocenters. The van der Waals surface area contributed by atoms with Crippen LogP contribution >= 0.6 is 0 Å². The lowest BCUT2D eigenvalue weighted by molar-refractivity contribution is 0.415. The van der Waals surface area contributed by atoms with Crippen molar-refractivity contribution >= 4 is 22.7 Å². The van der Waals surface area contributed by atoms with Crippen molar-refractivity contribution in [2.75, 3.05) is 25.7 Å². The molecule has 0 bridgehead atoms. The van der Waals surface area contributed by atoms with Crippen LogP contribution in [0.4, 0.5) is 11.8 Å². The summed E-state index contributed by atoms with van der Waals surface area (Å²) in [5.74, 6) is 2.19. The zero-order valence-corrected chi connectivity index (χ0v) is 17.3. The number of ether oxygens (including phenoxy) is 2. The van der Waals surface area contributed by atoms with Crippen molar-refractivity contribution in [3.05, 3.63) is 59.9 Å². The highest BCUT2D eigenvalue weighted by Gasteiger charge is 2.17. The Morgan fingerprint density at radius 1 is 1.07 bits per heavy atom. The largest absolute Gasteiger partial charge is 0.497 e. The minimum absolute atomic E-state index is 0.173. The van der Waals surface area contributed by atoms with E-state index in [4.69, 9.17) is 20.9 Å². The van der Waals surface area contributed by atoms with Gasteiger partial charge in [0.05, 0.1) is 19.7 Å². The van der Waals surface area contributed by atoms with Gasteiger partial charge in [-0.1, -0.05) is 12.1 Å². The number of hydrogen-bond donors (Lipinski definition) is 2. The number of fused-ring (bicyclic) bond motifs is 1. The van der Waals surface area contributed by atoms with Crippen LogP contribution in [0.15, 0.2) is 48.8 Å². The maximum absolute atomic E-state index is 6.04. The third-order valence-corrected chi connectivity index (χ3v) is 5.26. The van der Waals surface area contributed by atoms with Crippen molar-refractivity contribution in [1.82, 2.24) is 14.5 Å². The number of nitrogens with zero attached hydrogens (tertiary/aromatic N) is 3. The Morgan fingerprint density at radius 3 is 2.60 bits per heavy atom. The minimum Gasteiger partial charge on any atom is -0.497 e. The molecule has 2 aromatic carbocycles. The average Bonchev–Trinajstić information content (AvgIpc) is 3.14. The highest BCUT2D eigenvalue weighted by atomic mass is 16.5. The van der Waals surface area contributed by atoms with Crippen molar-refractivity contribution in [3.63, 3.8) is 0 Å². The standard InChI is InChI=1S/C23H25N5O2/c1-4-28-13-18(15-6-5-7-17(11-15)29-2)21-19(28)9-14(10-20(21)30-3)8-16-12-26-23(25)27-22(16)24/h5-7,9-13H,4,8H2,1-3H3,(H4,24,25,26,27). The van der Waals surface area contributed by atoms with Crippen LogP contribution in [-0.4, -0.2) is 28.8 Å². The number of anilines is 2. The number of aromatic nitrogens is 3. The molecular formula is C23H25N5O2. The monoisotopic (exact) mass is 403 g/mol. The minimum atomic E-state index is 0.173. The van der Waals surface area contributed by atoms with Crippen LogP contribution in [0, 0.1) is 0 Å². The summed E-state index contributed by atoms with van der Waals surface area (Å²) in [5.41, 5.74) is 16.8. The third kappa shape index (κ3) is 3.50. The lowest BCUT2D eigenvalue weighted by Crippen LogP contribution is -2.04. The quantitative estimate of drug-likeness (QED) is 0.506. The van der Waals surface area contributed by atoms with Gasteiger partial charge in [-0.15, -0.1) is 0 Å². The van der Waals surface area contributed by atoms with Gasteiger partial charge in [-0.05, 0) is 42.3 Å². The number of aryl methyl sites for hydroxylation is 1. The summed E-state index contributed by atoms with van der Waals surface area (Å²) in [6, 6.07) is 12.3. The molecule has 0 saturated carbocycles. The van der Waals surface area contributed by atoms with Gasteiger partial charge in [-0.2, -0.15) is 4.98 Å². The SMILES string of the molecule is CCn1cc(-c2cccc(OC)c2)c2c(OC)cc(Cc3cnc(N)nc3N)cc21. The third-order valence-electron chi connectivity index (χ3n) is 5.26. The summed E-state index contributed by atoms with van der Waals surface area (Å²) in [7, 11) is 3.37. The first-order valence-corrected chi connectivity index (χ1v) is 9.75. The van der Waals surface area contributed by atoms with Crippen LogP contribution < -0.4 is 20.9 Å². The fraction of sp³-hybridized carbons (Fsp3) is 0.217. The van der Waals surface area contributed by atoms with Crippen molar-refractivity contribution in [2.24, 2.45) is 0 Å². The van der Waals surface area contributed by atoms with Gasteiger partial charge in [0.1, 0.15) is 17.3 Å². The number of nitrogen functional groups attached to an aromatic ring is 2. The molecule has 0 amide bonds. The van der Waals surface area contributed by atoms with Gasteiger partial charge in [0, 0.05) is 41.9 Å². The van der Waals surface area contributed by atoms with Crippen molar-refractivity contribution in [3.8, 4) is 22.6 Å². The normalized spacial score (nSPS) is 11.0.